The van der Waals surface area contributed by atoms with Gasteiger partial charge in [0.25, 0.3) is 5.97 Å². The van der Waals surface area contributed by atoms with Gasteiger partial charge in [-0.3, -0.25) is 0 Å². The fraction of sp³-hybridized carbons (Fsp3) is 1.00. The lowest BCUT2D eigenvalue weighted by molar-refractivity contribution is -0.367. The van der Waals surface area contributed by atoms with Crippen LogP contribution in [0.2, 0.25) is 0 Å². The van der Waals surface area contributed by atoms with Crippen LogP contribution in [-0.4, -0.2) is 24.3 Å². The van der Waals surface area contributed by atoms with E-state index in [1.54, 1.807) is 0 Å². The second-order valence-corrected chi connectivity index (χ2v) is 5.42. The zero-order valence-electron chi connectivity index (χ0n) is 12.7. The molecule has 0 heterocycles. The summed E-state index contributed by atoms with van der Waals surface area (Å²) in [4.78, 5) is 0. The van der Waals surface area contributed by atoms with Gasteiger partial charge in [0, 0.05) is 6.42 Å². The van der Waals surface area contributed by atoms with E-state index in [1.807, 2.05) is 0 Å². The van der Waals surface area contributed by atoms with Crippen LogP contribution in [0.15, 0.2) is 0 Å². The lowest BCUT2D eigenvalue weighted by Crippen LogP contribution is -2.38. The molecule has 0 aliphatic rings. The summed E-state index contributed by atoms with van der Waals surface area (Å²) in [6, 6.07) is 0. The second-order valence-electron chi connectivity index (χ2n) is 5.42. The highest BCUT2D eigenvalue weighted by molar-refractivity contribution is 4.59. The van der Waals surface area contributed by atoms with E-state index in [9.17, 15) is 5.11 Å². The maximum absolute atomic E-state index is 10.3. The molecule has 0 aromatic carbocycles. The number of hydrogen-bond donors (Lipinski definition) is 1. The molecule has 0 saturated carbocycles. The number of ether oxygens (including phenoxy) is 2. The van der Waals surface area contributed by atoms with Crippen LogP contribution >= 0.6 is 0 Å². The highest BCUT2D eigenvalue weighted by Crippen LogP contribution is 2.21. The van der Waals surface area contributed by atoms with Gasteiger partial charge in [-0.1, -0.05) is 53.4 Å². The van der Waals surface area contributed by atoms with Crippen LogP contribution in [0.5, 0.6) is 0 Å². The molecule has 110 valence electrons. The van der Waals surface area contributed by atoms with E-state index in [-0.39, 0.29) is 0 Å². The fourth-order valence-electron chi connectivity index (χ4n) is 1.84. The summed E-state index contributed by atoms with van der Waals surface area (Å²) in [7, 11) is 0. The van der Waals surface area contributed by atoms with E-state index < -0.39 is 5.97 Å². The Kier molecular flexibility index (Phi) is 10.7. The summed E-state index contributed by atoms with van der Waals surface area (Å²) >= 11 is 0. The third-order valence-electron chi connectivity index (χ3n) is 2.82. The van der Waals surface area contributed by atoms with Crippen LogP contribution in [0.25, 0.3) is 0 Å². The third-order valence-corrected chi connectivity index (χ3v) is 2.82. The molecule has 0 bridgehead atoms. The van der Waals surface area contributed by atoms with Crippen molar-refractivity contribution >= 4 is 0 Å². The Morgan fingerprint density at radius 2 is 1.33 bits per heavy atom. The Bertz CT molecular complexity index is 169. The maximum atomic E-state index is 10.3. The zero-order valence-corrected chi connectivity index (χ0v) is 12.7. The van der Waals surface area contributed by atoms with E-state index in [0.717, 1.165) is 38.5 Å². The molecule has 0 spiro atoms. The van der Waals surface area contributed by atoms with Crippen LogP contribution in [0, 0.1) is 5.92 Å². The van der Waals surface area contributed by atoms with Crippen molar-refractivity contribution in [2.45, 2.75) is 78.6 Å². The van der Waals surface area contributed by atoms with Gasteiger partial charge in [-0.2, -0.15) is 0 Å². The Balaban J connectivity index is 3.99. The molecule has 0 radical (unpaired) electrons. The lowest BCUT2D eigenvalue weighted by Gasteiger charge is -2.29. The SMILES string of the molecule is CCCCCOC(O)(CC(C)C)OCCCCC. The molecule has 0 fully saturated rings. The van der Waals surface area contributed by atoms with Crippen molar-refractivity contribution in [1.29, 1.82) is 0 Å². The summed E-state index contributed by atoms with van der Waals surface area (Å²) in [6.45, 7) is 9.59. The van der Waals surface area contributed by atoms with Gasteiger partial charge in [-0.25, -0.2) is 0 Å². The molecule has 3 heteroatoms. The first-order chi connectivity index (χ1) is 8.54. The lowest BCUT2D eigenvalue weighted by atomic mass is 10.1. The Morgan fingerprint density at radius 1 is 0.889 bits per heavy atom. The van der Waals surface area contributed by atoms with Crippen LogP contribution < -0.4 is 0 Å². The molecule has 3 nitrogen and oxygen atoms in total. The molecule has 0 aliphatic heterocycles. The van der Waals surface area contributed by atoms with Crippen LogP contribution in [-0.2, 0) is 9.47 Å². The summed E-state index contributed by atoms with van der Waals surface area (Å²) in [5, 5.41) is 10.3. The molecular weight excluding hydrogens is 228 g/mol. The predicted molar refractivity (Wildman–Crippen MR) is 75.4 cm³/mol. The molecule has 0 amide bonds. The van der Waals surface area contributed by atoms with E-state index in [2.05, 4.69) is 27.7 Å². The standard InChI is InChI=1S/C15H32O3/c1-5-7-9-11-17-15(16,13-14(3)4)18-12-10-8-6-2/h14,16H,5-13H2,1-4H3. The molecule has 0 aromatic heterocycles. The maximum Gasteiger partial charge on any atom is 0.280 e. The third kappa shape index (κ3) is 9.86. The van der Waals surface area contributed by atoms with Gasteiger partial charge in [-0.15, -0.1) is 0 Å². The van der Waals surface area contributed by atoms with Gasteiger partial charge in [0.15, 0.2) is 0 Å². The van der Waals surface area contributed by atoms with Gasteiger partial charge in [0.1, 0.15) is 0 Å². The molecule has 0 atom stereocenters. The van der Waals surface area contributed by atoms with Crippen molar-refractivity contribution in [3.05, 3.63) is 0 Å². The van der Waals surface area contributed by atoms with E-state index in [0.29, 0.717) is 25.6 Å². The average molecular weight is 260 g/mol. The Labute approximate surface area is 113 Å². The second kappa shape index (κ2) is 10.8. The summed E-state index contributed by atoms with van der Waals surface area (Å²) in [5.41, 5.74) is 0. The Morgan fingerprint density at radius 3 is 1.67 bits per heavy atom. The molecule has 0 aliphatic carbocycles. The molecule has 18 heavy (non-hydrogen) atoms. The molecule has 1 N–H and O–H groups in total. The van der Waals surface area contributed by atoms with Gasteiger partial charge < -0.3 is 14.6 Å². The summed E-state index contributed by atoms with van der Waals surface area (Å²) in [6.07, 6.45) is 7.07. The highest BCUT2D eigenvalue weighted by Gasteiger charge is 2.29. The molecule has 0 saturated heterocycles. The van der Waals surface area contributed by atoms with Crippen molar-refractivity contribution in [3.63, 3.8) is 0 Å². The van der Waals surface area contributed by atoms with Crippen molar-refractivity contribution < 1.29 is 14.6 Å². The van der Waals surface area contributed by atoms with Crippen LogP contribution in [0.1, 0.15) is 72.6 Å². The predicted octanol–water partition coefficient (Wildman–Crippen LogP) is 4.09. The van der Waals surface area contributed by atoms with E-state index in [4.69, 9.17) is 9.47 Å². The molecule has 0 unspecified atom stereocenters. The molecular formula is C15H32O3. The number of aliphatic hydroxyl groups is 1. The minimum absolute atomic E-state index is 0.354. The minimum Gasteiger partial charge on any atom is -0.343 e. The largest absolute Gasteiger partial charge is 0.343 e. The van der Waals surface area contributed by atoms with Crippen molar-refractivity contribution in [2.24, 2.45) is 5.92 Å². The number of hydrogen-bond acceptors (Lipinski definition) is 3. The zero-order chi connectivity index (χ0) is 13.9. The van der Waals surface area contributed by atoms with Gasteiger partial charge >= 0.3 is 0 Å². The monoisotopic (exact) mass is 260 g/mol. The Hall–Kier alpha value is -0.120. The first-order valence-corrected chi connectivity index (χ1v) is 7.54. The summed E-state index contributed by atoms with van der Waals surface area (Å²) in [5.74, 6) is -1.03. The van der Waals surface area contributed by atoms with Crippen molar-refractivity contribution in [3.8, 4) is 0 Å². The van der Waals surface area contributed by atoms with Crippen molar-refractivity contribution in [1.82, 2.24) is 0 Å². The van der Waals surface area contributed by atoms with Gasteiger partial charge in [-0.05, 0) is 18.8 Å². The van der Waals surface area contributed by atoms with Crippen molar-refractivity contribution in [2.75, 3.05) is 13.2 Å². The number of rotatable bonds is 12. The van der Waals surface area contributed by atoms with E-state index in [1.165, 1.54) is 0 Å². The molecule has 0 rings (SSSR count). The summed E-state index contributed by atoms with van der Waals surface area (Å²) < 4.78 is 11.1. The van der Waals surface area contributed by atoms with Crippen LogP contribution in [0.4, 0.5) is 0 Å². The highest BCUT2D eigenvalue weighted by atomic mass is 16.8. The smallest absolute Gasteiger partial charge is 0.280 e. The normalized spacial score (nSPS) is 12.3. The fourth-order valence-corrected chi connectivity index (χ4v) is 1.84. The first kappa shape index (κ1) is 17.9. The van der Waals surface area contributed by atoms with Crippen LogP contribution in [0.3, 0.4) is 0 Å². The van der Waals surface area contributed by atoms with E-state index >= 15 is 0 Å². The van der Waals surface area contributed by atoms with Gasteiger partial charge in [0.2, 0.25) is 0 Å². The number of unbranched alkanes of at least 4 members (excludes halogenated alkanes) is 4. The minimum atomic E-state index is -1.38. The van der Waals surface area contributed by atoms with Gasteiger partial charge in [0.05, 0.1) is 13.2 Å². The quantitative estimate of drug-likeness (QED) is 0.424. The molecule has 0 aromatic rings. The first-order valence-electron chi connectivity index (χ1n) is 7.54. The average Bonchev–Trinajstić information content (AvgIpc) is 2.30. The topological polar surface area (TPSA) is 38.7 Å².